The van der Waals surface area contributed by atoms with E-state index in [4.69, 9.17) is 0 Å². The van der Waals surface area contributed by atoms with Crippen LogP contribution in [0.4, 0.5) is 0 Å². The average molecular weight is 292 g/mol. The Morgan fingerprint density at radius 3 is 1.81 bits per heavy atom. The molecule has 0 bridgehead atoms. The molecule has 0 aliphatic heterocycles. The molecule has 0 atom stereocenters. The normalized spacial score (nSPS) is 7.44. The van der Waals surface area contributed by atoms with Gasteiger partial charge in [-0.15, -0.1) is 6.58 Å². The van der Waals surface area contributed by atoms with Gasteiger partial charge in [-0.25, -0.2) is 0 Å². The molecule has 0 aliphatic carbocycles. The average Bonchev–Trinajstić information content (AvgIpc) is 2.29. The van der Waals surface area contributed by atoms with E-state index in [0.29, 0.717) is 0 Å². The zero-order valence-corrected chi connectivity index (χ0v) is 13.5. The highest BCUT2D eigenvalue weighted by Crippen LogP contribution is 1.93. The van der Waals surface area contributed by atoms with Gasteiger partial charge in [0.05, 0.1) is 0 Å². The lowest BCUT2D eigenvalue weighted by Crippen LogP contribution is -2.12. The maximum Gasteiger partial charge on any atom is 0.0137 e. The molecular weight excluding hydrogens is 262 g/mol. The first kappa shape index (κ1) is 24.8. The maximum atomic E-state index is 3.57. The Labute approximate surface area is 112 Å². The molecule has 0 radical (unpaired) electrons. The van der Waals surface area contributed by atoms with Crippen molar-refractivity contribution in [1.82, 2.24) is 5.32 Å². The molecule has 0 aromatic rings. The minimum Gasteiger partial charge on any atom is -0.310 e. The summed E-state index contributed by atoms with van der Waals surface area (Å²) in [6.45, 7) is 20.8. The summed E-state index contributed by atoms with van der Waals surface area (Å²) >= 11 is 3.08. The molecule has 0 rings (SSSR count). The fourth-order valence-corrected chi connectivity index (χ4v) is 0.387. The first-order chi connectivity index (χ1) is 7.65. The van der Waals surface area contributed by atoms with Crippen LogP contribution >= 0.6 is 15.9 Å². The van der Waals surface area contributed by atoms with Gasteiger partial charge >= 0.3 is 0 Å². The molecule has 16 heavy (non-hydrogen) atoms. The van der Waals surface area contributed by atoms with E-state index in [1.54, 1.807) is 0 Å². The number of halogens is 1. The molecule has 0 aliphatic rings. The topological polar surface area (TPSA) is 12.0 Å². The summed E-state index contributed by atoms with van der Waals surface area (Å²) < 4.78 is 0.979. The highest BCUT2D eigenvalue weighted by molar-refractivity contribution is 9.11. The Morgan fingerprint density at radius 1 is 1.19 bits per heavy atom. The van der Waals surface area contributed by atoms with E-state index in [0.717, 1.165) is 17.6 Å². The molecule has 0 amide bonds. The molecule has 0 unspecified atom stereocenters. The van der Waals surface area contributed by atoms with E-state index >= 15 is 0 Å². The minimum atomic E-state index is 0.893. The molecule has 1 nitrogen and oxygen atoms in total. The number of nitrogens with one attached hydrogen (secondary N) is 1. The second kappa shape index (κ2) is 36.5. The second-order valence-electron chi connectivity index (χ2n) is 2.19. The Bertz CT molecular complexity index is 136. The zero-order valence-electron chi connectivity index (χ0n) is 11.9. The Hall–Kier alpha value is -0.340. The highest BCUT2D eigenvalue weighted by atomic mass is 79.9. The van der Waals surface area contributed by atoms with Gasteiger partial charge in [0.2, 0.25) is 0 Å². The van der Waals surface area contributed by atoms with Crippen LogP contribution in [0.1, 0.15) is 41.5 Å². The van der Waals surface area contributed by atoms with Crippen molar-refractivity contribution in [3.63, 3.8) is 0 Å². The third-order valence-corrected chi connectivity index (χ3v) is 0.787. The van der Waals surface area contributed by atoms with Crippen molar-refractivity contribution in [1.29, 1.82) is 0 Å². The van der Waals surface area contributed by atoms with Crippen molar-refractivity contribution in [3.8, 4) is 0 Å². The molecule has 0 aromatic heterocycles. The summed E-state index contributed by atoms with van der Waals surface area (Å²) in [5.74, 6) is 0. The molecule has 1 N–H and O–H groups in total. The van der Waals surface area contributed by atoms with Gasteiger partial charge in [-0.1, -0.05) is 68.4 Å². The van der Waals surface area contributed by atoms with Crippen molar-refractivity contribution in [3.05, 3.63) is 35.9 Å². The summed E-state index contributed by atoms with van der Waals surface area (Å²) in [4.78, 5) is 0. The molecule has 2 heteroatoms. The summed E-state index contributed by atoms with van der Waals surface area (Å²) in [6, 6.07) is 0. The number of rotatable bonds is 4. The molecule has 0 spiro atoms. The monoisotopic (exact) mass is 291 g/mol. The van der Waals surface area contributed by atoms with E-state index in [9.17, 15) is 0 Å². The van der Waals surface area contributed by atoms with Crippen molar-refractivity contribution in [2.75, 3.05) is 13.1 Å². The van der Waals surface area contributed by atoms with Crippen LogP contribution in [-0.2, 0) is 0 Å². The lowest BCUT2D eigenvalue weighted by molar-refractivity contribution is 0.843. The van der Waals surface area contributed by atoms with Gasteiger partial charge in [0.1, 0.15) is 0 Å². The van der Waals surface area contributed by atoms with E-state index in [1.165, 1.54) is 0 Å². The van der Waals surface area contributed by atoms with Gasteiger partial charge in [-0.2, -0.15) is 0 Å². The van der Waals surface area contributed by atoms with Gasteiger partial charge in [-0.05, 0) is 18.3 Å². The Morgan fingerprint density at radius 2 is 1.56 bits per heavy atom. The van der Waals surface area contributed by atoms with Crippen LogP contribution in [0.15, 0.2) is 35.9 Å². The summed E-state index contributed by atoms with van der Waals surface area (Å²) in [5, 5.41) is 3.13. The van der Waals surface area contributed by atoms with Crippen molar-refractivity contribution < 1.29 is 0 Å². The first-order valence-corrected chi connectivity index (χ1v) is 6.68. The standard InChI is InChI=1S/C7H13N.C3H5Br.2C2H6/c1-3-5-7-8-6-4-2;1-3(2)4;2*1-2/h3-5,8H,2,6-7H2,1H3;1H2,2H3;2*1-2H3/b5-3+;;;. The lowest BCUT2D eigenvalue weighted by Gasteiger charge is -1.91. The quantitative estimate of drug-likeness (QED) is 0.547. The van der Waals surface area contributed by atoms with Crippen LogP contribution in [0.2, 0.25) is 0 Å². The number of hydrogen-bond acceptors (Lipinski definition) is 1. The Balaban J connectivity index is -0.0000000761. The second-order valence-corrected chi connectivity index (χ2v) is 3.55. The largest absolute Gasteiger partial charge is 0.310 e. The molecule has 98 valence electrons. The SMILES string of the molecule is C=C(C)Br.C=CCNC/C=C/C.CC.CC. The zero-order chi connectivity index (χ0) is 13.8. The fraction of sp³-hybridized carbons (Fsp3) is 0.571. The van der Waals surface area contributed by atoms with Crippen molar-refractivity contribution in [2.45, 2.75) is 41.5 Å². The molecule has 0 aromatic carbocycles. The molecule has 0 saturated heterocycles. The van der Waals surface area contributed by atoms with Crippen molar-refractivity contribution in [2.24, 2.45) is 0 Å². The third kappa shape index (κ3) is 101. The third-order valence-electron chi connectivity index (χ3n) is 0.787. The minimum absolute atomic E-state index is 0.893. The predicted molar refractivity (Wildman–Crippen MR) is 84.3 cm³/mol. The van der Waals surface area contributed by atoms with Crippen LogP contribution in [0.25, 0.3) is 0 Å². The predicted octanol–water partition coefficient (Wildman–Crippen LogP) is 5.31. The van der Waals surface area contributed by atoms with Gasteiger partial charge in [0.25, 0.3) is 0 Å². The summed E-state index contributed by atoms with van der Waals surface area (Å²) in [6.07, 6.45) is 5.95. The van der Waals surface area contributed by atoms with Gasteiger partial charge < -0.3 is 5.32 Å². The smallest absolute Gasteiger partial charge is 0.0137 e. The van der Waals surface area contributed by atoms with E-state index in [-0.39, 0.29) is 0 Å². The molecular formula is C14H30BrN. The van der Waals surface area contributed by atoms with Crippen molar-refractivity contribution >= 4 is 15.9 Å². The van der Waals surface area contributed by atoms with Crippen LogP contribution in [0.5, 0.6) is 0 Å². The number of allylic oxidation sites excluding steroid dienone is 2. The lowest BCUT2D eigenvalue weighted by atomic mass is 10.5. The van der Waals surface area contributed by atoms with E-state index in [1.807, 2.05) is 53.7 Å². The van der Waals surface area contributed by atoms with E-state index in [2.05, 4.69) is 40.5 Å². The Kier molecular flexibility index (Phi) is 56.4. The molecule has 0 saturated carbocycles. The van der Waals surface area contributed by atoms with Crippen LogP contribution in [-0.4, -0.2) is 13.1 Å². The summed E-state index contributed by atoms with van der Waals surface area (Å²) in [5.41, 5.74) is 0. The molecule has 0 fully saturated rings. The van der Waals surface area contributed by atoms with Gasteiger partial charge in [0, 0.05) is 13.1 Å². The van der Waals surface area contributed by atoms with Crippen LogP contribution in [0.3, 0.4) is 0 Å². The van der Waals surface area contributed by atoms with Gasteiger partial charge in [-0.3, -0.25) is 0 Å². The summed E-state index contributed by atoms with van der Waals surface area (Å²) in [7, 11) is 0. The fourth-order valence-electron chi connectivity index (χ4n) is 0.387. The van der Waals surface area contributed by atoms with Crippen LogP contribution < -0.4 is 5.32 Å². The highest BCUT2D eigenvalue weighted by Gasteiger charge is 1.71. The van der Waals surface area contributed by atoms with E-state index < -0.39 is 0 Å². The maximum absolute atomic E-state index is 3.57. The molecule has 0 heterocycles. The van der Waals surface area contributed by atoms with Crippen LogP contribution in [0, 0.1) is 0 Å². The first-order valence-electron chi connectivity index (χ1n) is 5.89. The van der Waals surface area contributed by atoms with Gasteiger partial charge in [0.15, 0.2) is 0 Å². The number of hydrogen-bond donors (Lipinski definition) is 1.